The van der Waals surface area contributed by atoms with Crippen molar-refractivity contribution in [2.45, 2.75) is 58.6 Å². The molecule has 2 nitrogen and oxygen atoms in total. The van der Waals surface area contributed by atoms with E-state index in [1.54, 1.807) is 7.11 Å². The van der Waals surface area contributed by atoms with Gasteiger partial charge in [-0.25, -0.2) is 0 Å². The van der Waals surface area contributed by atoms with Crippen molar-refractivity contribution in [3.63, 3.8) is 0 Å². The van der Waals surface area contributed by atoms with Crippen molar-refractivity contribution in [1.29, 1.82) is 0 Å². The van der Waals surface area contributed by atoms with Crippen LogP contribution in [0.1, 0.15) is 47.5 Å². The first-order valence-electron chi connectivity index (χ1n) is 5.53. The van der Waals surface area contributed by atoms with E-state index in [4.69, 9.17) is 4.74 Å². The minimum atomic E-state index is -0.0158. The third-order valence-corrected chi connectivity index (χ3v) is 4.12. The molecule has 1 heterocycles. The first kappa shape index (κ1) is 12.0. The molecular formula is C12H25NO. The second kappa shape index (κ2) is 3.49. The third kappa shape index (κ3) is 2.12. The van der Waals surface area contributed by atoms with Crippen LogP contribution < -0.4 is 5.32 Å². The molecule has 1 fully saturated rings. The second-order valence-electron chi connectivity index (χ2n) is 6.00. The smallest absolute Gasteiger partial charge is 0.0628 e. The Bertz CT molecular complexity index is 210. The van der Waals surface area contributed by atoms with Crippen LogP contribution in [0, 0.1) is 5.41 Å². The maximum atomic E-state index is 5.53. The number of hydrogen-bond donors (Lipinski definition) is 1. The van der Waals surface area contributed by atoms with Gasteiger partial charge in [0.1, 0.15) is 0 Å². The van der Waals surface area contributed by atoms with Crippen LogP contribution in [0.15, 0.2) is 0 Å². The topological polar surface area (TPSA) is 21.3 Å². The summed E-state index contributed by atoms with van der Waals surface area (Å²) < 4.78 is 5.53. The van der Waals surface area contributed by atoms with Crippen LogP contribution in [0.2, 0.25) is 0 Å². The van der Waals surface area contributed by atoms with E-state index in [1.165, 1.54) is 6.42 Å². The van der Waals surface area contributed by atoms with Gasteiger partial charge in [0.2, 0.25) is 0 Å². The number of nitrogens with one attached hydrogen (secondary N) is 1. The zero-order valence-corrected chi connectivity index (χ0v) is 10.5. The van der Waals surface area contributed by atoms with Gasteiger partial charge in [0, 0.05) is 12.6 Å². The molecule has 2 heteroatoms. The molecule has 0 aromatic carbocycles. The molecule has 1 rings (SSSR count). The van der Waals surface area contributed by atoms with Crippen LogP contribution in [0.5, 0.6) is 0 Å². The van der Waals surface area contributed by atoms with Crippen molar-refractivity contribution in [2.24, 2.45) is 5.41 Å². The van der Waals surface area contributed by atoms with E-state index in [1.807, 2.05) is 0 Å². The van der Waals surface area contributed by atoms with E-state index in [0.717, 1.165) is 13.0 Å². The van der Waals surface area contributed by atoms with E-state index in [9.17, 15) is 0 Å². The fourth-order valence-electron chi connectivity index (χ4n) is 2.50. The summed E-state index contributed by atoms with van der Waals surface area (Å²) in [4.78, 5) is 0. The molecule has 1 aliphatic heterocycles. The van der Waals surface area contributed by atoms with Crippen molar-refractivity contribution in [3.8, 4) is 0 Å². The van der Waals surface area contributed by atoms with Crippen molar-refractivity contribution in [2.75, 3.05) is 13.7 Å². The third-order valence-electron chi connectivity index (χ3n) is 4.12. The molecule has 0 saturated carbocycles. The highest BCUT2D eigenvalue weighted by Gasteiger charge is 2.47. The monoisotopic (exact) mass is 199 g/mol. The Morgan fingerprint density at radius 2 is 1.86 bits per heavy atom. The molecule has 0 bridgehead atoms. The normalized spacial score (nSPS) is 32.1. The standard InChI is InChI=1S/C12H25NO/c1-10(2,14-6)9-12(5)7-8-13-11(12,3)4/h13H,7-9H2,1-6H3. The van der Waals surface area contributed by atoms with Crippen LogP contribution in [0.25, 0.3) is 0 Å². The van der Waals surface area contributed by atoms with Gasteiger partial charge >= 0.3 is 0 Å². The molecule has 0 aromatic rings. The van der Waals surface area contributed by atoms with E-state index in [-0.39, 0.29) is 11.1 Å². The fraction of sp³-hybridized carbons (Fsp3) is 1.00. The van der Waals surface area contributed by atoms with Gasteiger partial charge in [-0.2, -0.15) is 0 Å². The predicted octanol–water partition coefficient (Wildman–Crippen LogP) is 2.58. The Labute approximate surface area is 88.4 Å². The van der Waals surface area contributed by atoms with E-state index < -0.39 is 0 Å². The number of ether oxygens (including phenoxy) is 1. The zero-order valence-electron chi connectivity index (χ0n) is 10.5. The summed E-state index contributed by atoms with van der Waals surface area (Å²) in [6.07, 6.45) is 2.35. The van der Waals surface area contributed by atoms with Crippen molar-refractivity contribution in [1.82, 2.24) is 5.32 Å². The molecule has 0 spiro atoms. The minimum Gasteiger partial charge on any atom is -0.379 e. The van der Waals surface area contributed by atoms with Gasteiger partial charge in [-0.05, 0) is 52.5 Å². The highest BCUT2D eigenvalue weighted by Crippen LogP contribution is 2.45. The molecule has 14 heavy (non-hydrogen) atoms. The molecule has 0 aliphatic carbocycles. The molecule has 0 amide bonds. The maximum Gasteiger partial charge on any atom is 0.0628 e. The van der Waals surface area contributed by atoms with Gasteiger partial charge in [0.25, 0.3) is 0 Å². The van der Waals surface area contributed by atoms with Crippen LogP contribution in [0.4, 0.5) is 0 Å². The summed E-state index contributed by atoms with van der Waals surface area (Å²) in [6, 6.07) is 0. The summed E-state index contributed by atoms with van der Waals surface area (Å²) in [5.41, 5.74) is 0.549. The summed E-state index contributed by atoms with van der Waals surface area (Å²) >= 11 is 0. The Kier molecular flexibility index (Phi) is 2.99. The van der Waals surface area contributed by atoms with E-state index >= 15 is 0 Å². The van der Waals surface area contributed by atoms with Gasteiger partial charge in [-0.15, -0.1) is 0 Å². The number of rotatable bonds is 3. The lowest BCUT2D eigenvalue weighted by atomic mass is 9.68. The molecule has 84 valence electrons. The first-order chi connectivity index (χ1) is 6.22. The zero-order chi connectivity index (χ0) is 11.0. The van der Waals surface area contributed by atoms with Crippen molar-refractivity contribution < 1.29 is 4.74 Å². The van der Waals surface area contributed by atoms with Gasteiger partial charge in [0.05, 0.1) is 5.60 Å². The lowest BCUT2D eigenvalue weighted by Crippen LogP contribution is -2.48. The fourth-order valence-corrected chi connectivity index (χ4v) is 2.50. The summed E-state index contributed by atoms with van der Waals surface area (Å²) in [5.74, 6) is 0. The average molecular weight is 199 g/mol. The second-order valence-corrected chi connectivity index (χ2v) is 6.00. The van der Waals surface area contributed by atoms with E-state index in [2.05, 4.69) is 39.9 Å². The SMILES string of the molecule is COC(C)(C)CC1(C)CCNC1(C)C. The molecule has 1 atom stereocenters. The summed E-state index contributed by atoms with van der Waals surface area (Å²) in [5, 5.41) is 3.58. The molecule has 0 radical (unpaired) electrons. The molecule has 1 saturated heterocycles. The first-order valence-corrected chi connectivity index (χ1v) is 5.53. The lowest BCUT2D eigenvalue weighted by Gasteiger charge is -2.42. The van der Waals surface area contributed by atoms with Gasteiger partial charge < -0.3 is 10.1 Å². The van der Waals surface area contributed by atoms with Crippen LogP contribution in [-0.2, 0) is 4.74 Å². The largest absolute Gasteiger partial charge is 0.379 e. The maximum absolute atomic E-state index is 5.53. The molecule has 1 N–H and O–H groups in total. The van der Waals surface area contributed by atoms with Crippen LogP contribution in [-0.4, -0.2) is 24.8 Å². The highest BCUT2D eigenvalue weighted by molar-refractivity contribution is 5.03. The number of hydrogen-bond acceptors (Lipinski definition) is 2. The minimum absolute atomic E-state index is 0.0158. The number of methoxy groups -OCH3 is 1. The predicted molar refractivity (Wildman–Crippen MR) is 60.5 cm³/mol. The molecule has 0 aromatic heterocycles. The Morgan fingerprint density at radius 1 is 1.29 bits per heavy atom. The quantitative estimate of drug-likeness (QED) is 0.754. The van der Waals surface area contributed by atoms with E-state index in [0.29, 0.717) is 5.41 Å². The Balaban J connectivity index is 2.76. The Morgan fingerprint density at radius 3 is 2.21 bits per heavy atom. The van der Waals surface area contributed by atoms with Gasteiger partial charge in [0.15, 0.2) is 0 Å². The van der Waals surface area contributed by atoms with Crippen molar-refractivity contribution >= 4 is 0 Å². The summed E-state index contributed by atoms with van der Waals surface area (Å²) in [7, 11) is 1.80. The highest BCUT2D eigenvalue weighted by atomic mass is 16.5. The van der Waals surface area contributed by atoms with Crippen LogP contribution in [0.3, 0.4) is 0 Å². The molecular weight excluding hydrogens is 174 g/mol. The Hall–Kier alpha value is -0.0800. The van der Waals surface area contributed by atoms with Crippen LogP contribution >= 0.6 is 0 Å². The molecule has 1 unspecified atom stereocenters. The van der Waals surface area contributed by atoms with Gasteiger partial charge in [-0.3, -0.25) is 0 Å². The average Bonchev–Trinajstić information content (AvgIpc) is 2.25. The molecule has 1 aliphatic rings. The van der Waals surface area contributed by atoms with Gasteiger partial charge in [-0.1, -0.05) is 6.92 Å². The lowest BCUT2D eigenvalue weighted by molar-refractivity contribution is -0.0288. The summed E-state index contributed by atoms with van der Waals surface area (Å²) in [6.45, 7) is 12.4. The van der Waals surface area contributed by atoms with Crippen molar-refractivity contribution in [3.05, 3.63) is 0 Å².